The summed E-state index contributed by atoms with van der Waals surface area (Å²) in [4.78, 5) is -0.399. The van der Waals surface area contributed by atoms with Crippen LogP contribution in [0.4, 0.5) is 4.39 Å². The van der Waals surface area contributed by atoms with Crippen LogP contribution in [0.25, 0.3) is 0 Å². The number of hydrogen-bond donors (Lipinski definition) is 1. The molecule has 20 heavy (non-hydrogen) atoms. The highest BCUT2D eigenvalue weighted by molar-refractivity contribution is 7.99. The van der Waals surface area contributed by atoms with E-state index in [1.807, 2.05) is 6.92 Å². The van der Waals surface area contributed by atoms with Gasteiger partial charge >= 0.3 is 0 Å². The van der Waals surface area contributed by atoms with E-state index in [9.17, 15) is 12.8 Å². The van der Waals surface area contributed by atoms with Gasteiger partial charge < -0.3 is 5.73 Å². The average molecular weight is 334 g/mol. The van der Waals surface area contributed by atoms with Crippen LogP contribution < -0.4 is 5.73 Å². The molecular weight excluding hydrogens is 319 g/mol. The minimum Gasteiger partial charge on any atom is -0.389 e. The first-order chi connectivity index (χ1) is 9.35. The summed E-state index contributed by atoms with van der Waals surface area (Å²) in [6, 6.07) is 3.72. The molecule has 8 heteroatoms. The molecule has 1 aliphatic rings. The van der Waals surface area contributed by atoms with Crippen LogP contribution >= 0.6 is 24.0 Å². The number of nitrogens with two attached hydrogens (primary N) is 1. The SMILES string of the molecule is CC1CSCCN1S(=O)(=O)c1cccc(F)c1C(N)=S. The number of thioether (sulfide) groups is 1. The van der Waals surface area contributed by atoms with Crippen molar-refractivity contribution in [2.75, 3.05) is 18.1 Å². The summed E-state index contributed by atoms with van der Waals surface area (Å²) in [5.41, 5.74) is 5.28. The molecule has 1 unspecified atom stereocenters. The Morgan fingerprint density at radius 1 is 1.55 bits per heavy atom. The van der Waals surface area contributed by atoms with E-state index in [1.165, 1.54) is 16.4 Å². The van der Waals surface area contributed by atoms with Gasteiger partial charge in [0.1, 0.15) is 10.8 Å². The van der Waals surface area contributed by atoms with Crippen LogP contribution in [0, 0.1) is 5.82 Å². The van der Waals surface area contributed by atoms with Crippen molar-refractivity contribution >= 4 is 39.0 Å². The molecule has 0 aliphatic carbocycles. The van der Waals surface area contributed by atoms with Crippen LogP contribution in [0.3, 0.4) is 0 Å². The highest BCUT2D eigenvalue weighted by Crippen LogP contribution is 2.27. The molecule has 0 bridgehead atoms. The zero-order valence-corrected chi connectivity index (χ0v) is 13.3. The van der Waals surface area contributed by atoms with Gasteiger partial charge in [-0.15, -0.1) is 0 Å². The van der Waals surface area contributed by atoms with Crippen molar-refractivity contribution in [2.45, 2.75) is 17.9 Å². The normalized spacial score (nSPS) is 20.8. The van der Waals surface area contributed by atoms with Gasteiger partial charge in [0.25, 0.3) is 0 Å². The zero-order valence-electron chi connectivity index (χ0n) is 10.9. The Kier molecular flexibility index (Phi) is 4.68. The second-order valence-corrected chi connectivity index (χ2v) is 7.97. The molecule has 0 saturated carbocycles. The molecule has 1 atom stereocenters. The van der Waals surface area contributed by atoms with Crippen molar-refractivity contribution in [3.05, 3.63) is 29.6 Å². The number of halogens is 1. The van der Waals surface area contributed by atoms with E-state index in [2.05, 4.69) is 0 Å². The Labute approximate surface area is 127 Å². The second kappa shape index (κ2) is 5.97. The molecule has 0 radical (unpaired) electrons. The van der Waals surface area contributed by atoms with Crippen molar-refractivity contribution in [1.29, 1.82) is 0 Å². The third-order valence-corrected chi connectivity index (χ3v) is 6.56. The lowest BCUT2D eigenvalue weighted by molar-refractivity contribution is 0.367. The fourth-order valence-corrected chi connectivity index (χ4v) is 5.50. The van der Waals surface area contributed by atoms with Gasteiger partial charge in [-0.3, -0.25) is 0 Å². The van der Waals surface area contributed by atoms with E-state index < -0.39 is 15.8 Å². The van der Waals surface area contributed by atoms with E-state index in [4.69, 9.17) is 18.0 Å². The summed E-state index contributed by atoms with van der Waals surface area (Å²) < 4.78 is 40.6. The molecule has 0 aromatic heterocycles. The van der Waals surface area contributed by atoms with Gasteiger partial charge in [0.15, 0.2) is 0 Å². The standard InChI is InChI=1S/C12H15FN2O2S3/c1-8-7-19-6-5-15(8)20(16,17)10-4-2-3-9(13)11(10)12(14)18/h2-4,8H,5-7H2,1H3,(H2,14,18). The van der Waals surface area contributed by atoms with Crippen molar-refractivity contribution < 1.29 is 12.8 Å². The van der Waals surface area contributed by atoms with Crippen molar-refractivity contribution in [1.82, 2.24) is 4.31 Å². The highest BCUT2D eigenvalue weighted by atomic mass is 32.2. The number of nitrogens with zero attached hydrogens (tertiary/aromatic N) is 1. The monoisotopic (exact) mass is 334 g/mol. The van der Waals surface area contributed by atoms with Crippen LogP contribution in [-0.4, -0.2) is 41.8 Å². The fourth-order valence-electron chi connectivity index (χ4n) is 2.15. The average Bonchev–Trinajstić information content (AvgIpc) is 2.38. The smallest absolute Gasteiger partial charge is 0.244 e. The molecule has 4 nitrogen and oxygen atoms in total. The first-order valence-corrected chi connectivity index (χ1v) is 9.04. The van der Waals surface area contributed by atoms with E-state index in [-0.39, 0.29) is 21.5 Å². The third kappa shape index (κ3) is 2.83. The molecule has 0 amide bonds. The minimum atomic E-state index is -3.80. The Bertz CT molecular complexity index is 634. The largest absolute Gasteiger partial charge is 0.389 e. The molecule has 1 saturated heterocycles. The molecule has 2 rings (SSSR count). The molecule has 1 aromatic carbocycles. The van der Waals surface area contributed by atoms with Crippen LogP contribution in [0.15, 0.2) is 23.1 Å². The van der Waals surface area contributed by atoms with E-state index in [0.717, 1.165) is 17.6 Å². The summed E-state index contributed by atoms with van der Waals surface area (Å²) in [6.45, 7) is 2.24. The predicted octanol–water partition coefficient (Wildman–Crippen LogP) is 1.59. The minimum absolute atomic E-state index is 0.138. The quantitative estimate of drug-likeness (QED) is 0.851. The lowest BCUT2D eigenvalue weighted by Crippen LogP contribution is -2.44. The molecule has 1 aromatic rings. The molecule has 0 spiro atoms. The summed E-state index contributed by atoms with van der Waals surface area (Å²) in [6.07, 6.45) is 0. The predicted molar refractivity (Wildman–Crippen MR) is 83.0 cm³/mol. The van der Waals surface area contributed by atoms with E-state index in [1.54, 1.807) is 11.8 Å². The van der Waals surface area contributed by atoms with Gasteiger partial charge in [-0.05, 0) is 19.1 Å². The summed E-state index contributed by atoms with van der Waals surface area (Å²) in [5, 5.41) is 0. The zero-order chi connectivity index (χ0) is 14.9. The maximum absolute atomic E-state index is 13.8. The van der Waals surface area contributed by atoms with E-state index >= 15 is 0 Å². The van der Waals surface area contributed by atoms with Crippen molar-refractivity contribution in [3.8, 4) is 0 Å². The first kappa shape index (κ1) is 15.7. The fraction of sp³-hybridized carbons (Fsp3) is 0.417. The molecule has 1 fully saturated rings. The molecule has 2 N–H and O–H groups in total. The van der Waals surface area contributed by atoms with Crippen LogP contribution in [0.2, 0.25) is 0 Å². The lowest BCUT2D eigenvalue weighted by atomic mass is 10.2. The number of thiocarbonyl (C=S) groups is 1. The second-order valence-electron chi connectivity index (χ2n) is 4.52. The maximum atomic E-state index is 13.8. The van der Waals surface area contributed by atoms with Crippen LogP contribution in [0.1, 0.15) is 12.5 Å². The Morgan fingerprint density at radius 3 is 2.85 bits per heavy atom. The lowest BCUT2D eigenvalue weighted by Gasteiger charge is -2.32. The van der Waals surface area contributed by atoms with Gasteiger partial charge in [0.05, 0.1) is 10.5 Å². The summed E-state index contributed by atoms with van der Waals surface area (Å²) in [5.74, 6) is 0.732. The summed E-state index contributed by atoms with van der Waals surface area (Å²) in [7, 11) is -3.80. The van der Waals surface area contributed by atoms with Gasteiger partial charge in [0, 0.05) is 24.1 Å². The molecule has 110 valence electrons. The number of rotatable bonds is 3. The van der Waals surface area contributed by atoms with Gasteiger partial charge in [-0.2, -0.15) is 16.1 Å². The van der Waals surface area contributed by atoms with Crippen molar-refractivity contribution in [2.24, 2.45) is 5.73 Å². The number of sulfonamides is 1. The topological polar surface area (TPSA) is 63.4 Å². The van der Waals surface area contributed by atoms with Crippen molar-refractivity contribution in [3.63, 3.8) is 0 Å². The van der Waals surface area contributed by atoms with Gasteiger partial charge in [-0.25, -0.2) is 12.8 Å². The first-order valence-electron chi connectivity index (χ1n) is 6.03. The van der Waals surface area contributed by atoms with E-state index in [0.29, 0.717) is 6.54 Å². The van der Waals surface area contributed by atoms with Crippen LogP contribution in [-0.2, 0) is 10.0 Å². The maximum Gasteiger partial charge on any atom is 0.244 e. The molecule has 1 aliphatic heterocycles. The van der Waals surface area contributed by atoms with Gasteiger partial charge in [-0.1, -0.05) is 18.3 Å². The van der Waals surface area contributed by atoms with Gasteiger partial charge in [0.2, 0.25) is 10.0 Å². The van der Waals surface area contributed by atoms with Crippen LogP contribution in [0.5, 0.6) is 0 Å². The molecule has 1 heterocycles. The molecular formula is C12H15FN2O2S3. The number of benzene rings is 1. The highest BCUT2D eigenvalue weighted by Gasteiger charge is 2.34. The Balaban J connectivity index is 2.55. The number of hydrogen-bond acceptors (Lipinski definition) is 4. The summed E-state index contributed by atoms with van der Waals surface area (Å²) >= 11 is 6.49. The Morgan fingerprint density at radius 2 is 2.25 bits per heavy atom. The third-order valence-electron chi connectivity index (χ3n) is 3.12. The Hall–Kier alpha value is -0.700.